The van der Waals surface area contributed by atoms with Gasteiger partial charge in [-0.05, 0) is 25.5 Å². The first-order valence-electron chi connectivity index (χ1n) is 6.56. The number of hydrogen-bond acceptors (Lipinski definition) is 3. The van der Waals surface area contributed by atoms with E-state index in [4.69, 9.17) is 11.6 Å². The Bertz CT molecular complexity index is 376. The largest absolute Gasteiger partial charge is 0.393 e. The third-order valence-corrected chi connectivity index (χ3v) is 3.75. The molecule has 1 aliphatic heterocycles. The molecule has 1 aromatic carbocycles. The van der Waals surface area contributed by atoms with Gasteiger partial charge in [0, 0.05) is 32.7 Å². The van der Waals surface area contributed by atoms with Crippen LogP contribution in [0.3, 0.4) is 0 Å². The lowest BCUT2D eigenvalue weighted by Gasteiger charge is -2.36. The van der Waals surface area contributed by atoms with E-state index in [1.165, 1.54) is 0 Å². The number of halogens is 1. The quantitative estimate of drug-likeness (QED) is 0.907. The van der Waals surface area contributed by atoms with Crippen LogP contribution in [0.1, 0.15) is 13.3 Å². The first-order valence-corrected chi connectivity index (χ1v) is 6.94. The van der Waals surface area contributed by atoms with E-state index in [1.54, 1.807) is 0 Å². The van der Waals surface area contributed by atoms with Crippen LogP contribution in [0.2, 0.25) is 5.02 Å². The van der Waals surface area contributed by atoms with Gasteiger partial charge in [0.15, 0.2) is 0 Å². The third-order valence-electron chi connectivity index (χ3n) is 3.43. The molecule has 1 N–H and O–H groups in total. The lowest BCUT2D eigenvalue weighted by atomic mass is 10.2. The standard InChI is InChI=1S/C14H21ClN2O/c1-12(18)6-7-16-8-10-17(11-9-16)14-5-3-2-4-13(14)15/h2-5,12,18H,6-11H2,1H3. The fraction of sp³-hybridized carbons (Fsp3) is 0.571. The van der Waals surface area contributed by atoms with Crippen molar-refractivity contribution in [1.29, 1.82) is 0 Å². The second-order valence-corrected chi connectivity index (χ2v) is 5.32. The molecule has 1 heterocycles. The molecule has 0 amide bonds. The van der Waals surface area contributed by atoms with E-state index in [9.17, 15) is 5.11 Å². The molecular weight excluding hydrogens is 248 g/mol. The summed E-state index contributed by atoms with van der Waals surface area (Å²) in [6.07, 6.45) is 0.651. The second-order valence-electron chi connectivity index (χ2n) is 4.92. The predicted molar refractivity (Wildman–Crippen MR) is 76.4 cm³/mol. The highest BCUT2D eigenvalue weighted by atomic mass is 35.5. The Morgan fingerprint density at radius 3 is 2.50 bits per heavy atom. The van der Waals surface area contributed by atoms with Crippen LogP contribution in [0.15, 0.2) is 24.3 Å². The number of piperazine rings is 1. The highest BCUT2D eigenvalue weighted by Gasteiger charge is 2.18. The number of rotatable bonds is 4. The minimum absolute atomic E-state index is 0.202. The lowest BCUT2D eigenvalue weighted by Crippen LogP contribution is -2.47. The van der Waals surface area contributed by atoms with Crippen LogP contribution in [0, 0.1) is 0 Å². The van der Waals surface area contributed by atoms with Crippen LogP contribution in [-0.2, 0) is 0 Å². The van der Waals surface area contributed by atoms with E-state index in [-0.39, 0.29) is 6.10 Å². The van der Waals surface area contributed by atoms with Gasteiger partial charge in [0.05, 0.1) is 16.8 Å². The summed E-state index contributed by atoms with van der Waals surface area (Å²) in [5.74, 6) is 0. The molecule has 1 aliphatic rings. The second kappa shape index (κ2) is 6.41. The summed E-state index contributed by atoms with van der Waals surface area (Å²) in [7, 11) is 0. The van der Waals surface area contributed by atoms with Crippen molar-refractivity contribution in [1.82, 2.24) is 4.90 Å². The topological polar surface area (TPSA) is 26.7 Å². The molecule has 0 spiro atoms. The predicted octanol–water partition coefficient (Wildman–Crippen LogP) is 2.23. The Labute approximate surface area is 114 Å². The molecule has 100 valence electrons. The van der Waals surface area contributed by atoms with E-state index in [0.717, 1.165) is 49.9 Å². The van der Waals surface area contributed by atoms with Gasteiger partial charge >= 0.3 is 0 Å². The summed E-state index contributed by atoms with van der Waals surface area (Å²) in [5, 5.41) is 10.1. The number of anilines is 1. The van der Waals surface area contributed by atoms with E-state index in [2.05, 4.69) is 15.9 Å². The molecule has 3 nitrogen and oxygen atoms in total. The Morgan fingerprint density at radius 1 is 1.22 bits per heavy atom. The van der Waals surface area contributed by atoms with Gasteiger partial charge < -0.3 is 10.0 Å². The SMILES string of the molecule is CC(O)CCN1CCN(c2ccccc2Cl)CC1. The van der Waals surface area contributed by atoms with Gasteiger partial charge in [-0.2, -0.15) is 0 Å². The number of benzene rings is 1. The van der Waals surface area contributed by atoms with Gasteiger partial charge in [0.25, 0.3) is 0 Å². The van der Waals surface area contributed by atoms with Gasteiger partial charge in [-0.25, -0.2) is 0 Å². The average molecular weight is 269 g/mol. The van der Waals surface area contributed by atoms with Crippen molar-refractivity contribution in [3.8, 4) is 0 Å². The molecule has 1 aromatic rings. The zero-order valence-electron chi connectivity index (χ0n) is 10.8. The molecule has 0 bridgehead atoms. The van der Waals surface area contributed by atoms with Crippen LogP contribution >= 0.6 is 11.6 Å². The molecule has 2 rings (SSSR count). The molecule has 0 saturated carbocycles. The Balaban J connectivity index is 1.85. The highest BCUT2D eigenvalue weighted by Crippen LogP contribution is 2.25. The molecular formula is C14H21ClN2O. The Hall–Kier alpha value is -0.770. The number of hydrogen-bond donors (Lipinski definition) is 1. The van der Waals surface area contributed by atoms with Crippen LogP contribution < -0.4 is 4.90 Å². The third kappa shape index (κ3) is 3.61. The summed E-state index contributed by atoms with van der Waals surface area (Å²) in [5.41, 5.74) is 1.13. The molecule has 0 aliphatic carbocycles. The number of aliphatic hydroxyl groups excluding tert-OH is 1. The number of aliphatic hydroxyl groups is 1. The Morgan fingerprint density at radius 2 is 1.89 bits per heavy atom. The van der Waals surface area contributed by atoms with E-state index in [0.29, 0.717) is 0 Å². The van der Waals surface area contributed by atoms with Crippen molar-refractivity contribution in [3.63, 3.8) is 0 Å². The fourth-order valence-electron chi connectivity index (χ4n) is 2.29. The van der Waals surface area contributed by atoms with E-state index in [1.807, 2.05) is 25.1 Å². The van der Waals surface area contributed by atoms with Gasteiger partial charge in [0.2, 0.25) is 0 Å². The first-order chi connectivity index (χ1) is 8.66. The summed E-state index contributed by atoms with van der Waals surface area (Å²) in [6.45, 7) is 6.91. The molecule has 0 radical (unpaired) electrons. The fourth-order valence-corrected chi connectivity index (χ4v) is 2.55. The van der Waals surface area contributed by atoms with Crippen molar-refractivity contribution in [2.75, 3.05) is 37.6 Å². The number of nitrogens with zero attached hydrogens (tertiary/aromatic N) is 2. The minimum Gasteiger partial charge on any atom is -0.393 e. The summed E-state index contributed by atoms with van der Waals surface area (Å²) < 4.78 is 0. The Kier molecular flexibility index (Phi) is 4.87. The van der Waals surface area contributed by atoms with Crippen LogP contribution in [0.4, 0.5) is 5.69 Å². The molecule has 1 atom stereocenters. The first kappa shape index (κ1) is 13.7. The van der Waals surface area contributed by atoms with Crippen molar-refractivity contribution in [3.05, 3.63) is 29.3 Å². The zero-order valence-corrected chi connectivity index (χ0v) is 11.6. The number of para-hydroxylation sites is 1. The van der Waals surface area contributed by atoms with Crippen molar-refractivity contribution in [2.24, 2.45) is 0 Å². The summed E-state index contributed by atoms with van der Waals surface area (Å²) in [6, 6.07) is 8.01. The average Bonchev–Trinajstić information content (AvgIpc) is 2.38. The van der Waals surface area contributed by atoms with Crippen molar-refractivity contribution >= 4 is 17.3 Å². The highest BCUT2D eigenvalue weighted by molar-refractivity contribution is 6.33. The van der Waals surface area contributed by atoms with Gasteiger partial charge in [-0.15, -0.1) is 0 Å². The summed E-state index contributed by atoms with van der Waals surface area (Å²) >= 11 is 6.21. The van der Waals surface area contributed by atoms with Gasteiger partial charge in [-0.1, -0.05) is 23.7 Å². The van der Waals surface area contributed by atoms with E-state index < -0.39 is 0 Å². The van der Waals surface area contributed by atoms with Gasteiger partial charge in [0.1, 0.15) is 0 Å². The smallest absolute Gasteiger partial charge is 0.0639 e. The monoisotopic (exact) mass is 268 g/mol. The van der Waals surface area contributed by atoms with Gasteiger partial charge in [-0.3, -0.25) is 4.90 Å². The van der Waals surface area contributed by atoms with Crippen LogP contribution in [-0.4, -0.2) is 48.8 Å². The van der Waals surface area contributed by atoms with Crippen LogP contribution in [0.25, 0.3) is 0 Å². The van der Waals surface area contributed by atoms with Crippen molar-refractivity contribution < 1.29 is 5.11 Å². The maximum Gasteiger partial charge on any atom is 0.0639 e. The van der Waals surface area contributed by atoms with Crippen molar-refractivity contribution in [2.45, 2.75) is 19.4 Å². The molecule has 1 unspecified atom stereocenters. The maximum absolute atomic E-state index is 9.29. The zero-order chi connectivity index (χ0) is 13.0. The maximum atomic E-state index is 9.29. The van der Waals surface area contributed by atoms with E-state index >= 15 is 0 Å². The molecule has 1 saturated heterocycles. The lowest BCUT2D eigenvalue weighted by molar-refractivity contribution is 0.153. The molecule has 0 aromatic heterocycles. The summed E-state index contributed by atoms with van der Waals surface area (Å²) in [4.78, 5) is 4.74. The minimum atomic E-state index is -0.202. The molecule has 4 heteroatoms. The molecule has 1 fully saturated rings. The van der Waals surface area contributed by atoms with Crippen LogP contribution in [0.5, 0.6) is 0 Å². The normalized spacial score (nSPS) is 18.9. The molecule has 18 heavy (non-hydrogen) atoms.